The molecule has 0 amide bonds. The predicted octanol–water partition coefficient (Wildman–Crippen LogP) is 3.77. The SMILES string of the molecule is ClCc1ccnc(Oc2cncc(Br)c2)c1. The maximum Gasteiger partial charge on any atom is 0.219 e. The quantitative estimate of drug-likeness (QED) is 0.809. The summed E-state index contributed by atoms with van der Waals surface area (Å²) in [7, 11) is 0. The van der Waals surface area contributed by atoms with Gasteiger partial charge in [0.15, 0.2) is 0 Å². The van der Waals surface area contributed by atoms with Gasteiger partial charge in [-0.1, -0.05) is 0 Å². The third kappa shape index (κ3) is 2.93. The molecule has 0 aliphatic heterocycles. The van der Waals surface area contributed by atoms with E-state index < -0.39 is 0 Å². The van der Waals surface area contributed by atoms with Crippen LogP contribution in [0, 0.1) is 0 Å². The number of ether oxygens (including phenoxy) is 1. The maximum absolute atomic E-state index is 5.72. The first-order valence-electron chi connectivity index (χ1n) is 4.57. The summed E-state index contributed by atoms with van der Waals surface area (Å²) < 4.78 is 6.40. The lowest BCUT2D eigenvalue weighted by molar-refractivity contribution is 0.460. The lowest BCUT2D eigenvalue weighted by Crippen LogP contribution is -1.89. The molecule has 0 saturated carbocycles. The monoisotopic (exact) mass is 298 g/mol. The predicted molar refractivity (Wildman–Crippen MR) is 65.8 cm³/mol. The lowest BCUT2D eigenvalue weighted by Gasteiger charge is -2.05. The number of halogens is 2. The molecule has 5 heteroatoms. The van der Waals surface area contributed by atoms with E-state index in [4.69, 9.17) is 16.3 Å². The van der Waals surface area contributed by atoms with Crippen LogP contribution in [0.5, 0.6) is 11.6 Å². The van der Waals surface area contributed by atoms with E-state index >= 15 is 0 Å². The molecule has 0 aliphatic carbocycles. The Hall–Kier alpha value is -1.13. The minimum absolute atomic E-state index is 0.440. The van der Waals surface area contributed by atoms with Crippen LogP contribution in [-0.4, -0.2) is 9.97 Å². The van der Waals surface area contributed by atoms with Gasteiger partial charge in [0.1, 0.15) is 5.75 Å². The number of hydrogen-bond acceptors (Lipinski definition) is 3. The van der Waals surface area contributed by atoms with E-state index in [9.17, 15) is 0 Å². The van der Waals surface area contributed by atoms with E-state index in [1.165, 1.54) is 0 Å². The van der Waals surface area contributed by atoms with Crippen LogP contribution in [0.2, 0.25) is 0 Å². The summed E-state index contributed by atoms with van der Waals surface area (Å²) >= 11 is 9.04. The molecular weight excluding hydrogens is 291 g/mol. The molecule has 3 nitrogen and oxygen atoms in total. The summed E-state index contributed by atoms with van der Waals surface area (Å²) in [6, 6.07) is 5.47. The van der Waals surface area contributed by atoms with Gasteiger partial charge in [-0.2, -0.15) is 0 Å². The molecule has 2 aromatic rings. The summed E-state index contributed by atoms with van der Waals surface area (Å²) in [5, 5.41) is 0. The van der Waals surface area contributed by atoms with Crippen molar-refractivity contribution in [2.24, 2.45) is 0 Å². The maximum atomic E-state index is 5.72. The standard InChI is InChI=1S/C11H8BrClN2O/c12-9-4-10(7-14-6-9)16-11-3-8(5-13)1-2-15-11/h1-4,6-7H,5H2. The van der Waals surface area contributed by atoms with Gasteiger partial charge in [0.2, 0.25) is 5.88 Å². The summed E-state index contributed by atoms with van der Waals surface area (Å²) in [4.78, 5) is 8.09. The second kappa shape index (κ2) is 5.27. The highest BCUT2D eigenvalue weighted by Gasteiger charge is 2.00. The minimum Gasteiger partial charge on any atom is -0.437 e. The van der Waals surface area contributed by atoms with Gasteiger partial charge < -0.3 is 4.74 Å². The molecule has 0 unspecified atom stereocenters. The summed E-state index contributed by atoms with van der Waals surface area (Å²) in [6.07, 6.45) is 4.98. The Bertz CT molecular complexity index is 493. The van der Waals surface area contributed by atoms with E-state index in [0.29, 0.717) is 17.5 Å². The number of hydrogen-bond donors (Lipinski definition) is 0. The molecule has 0 bridgehead atoms. The average Bonchev–Trinajstić information content (AvgIpc) is 2.29. The highest BCUT2D eigenvalue weighted by atomic mass is 79.9. The third-order valence-corrected chi connectivity index (χ3v) is 2.60. The Labute approximate surface area is 107 Å². The van der Waals surface area contributed by atoms with Crippen molar-refractivity contribution >= 4 is 27.5 Å². The molecule has 2 heterocycles. The molecule has 0 fully saturated rings. The van der Waals surface area contributed by atoms with Crippen molar-refractivity contribution in [1.82, 2.24) is 9.97 Å². The molecule has 0 radical (unpaired) electrons. The van der Waals surface area contributed by atoms with Gasteiger partial charge in [-0.05, 0) is 33.6 Å². The zero-order valence-corrected chi connectivity index (χ0v) is 10.6. The molecule has 0 atom stereocenters. The van der Waals surface area contributed by atoms with Gasteiger partial charge in [0.25, 0.3) is 0 Å². The first-order valence-corrected chi connectivity index (χ1v) is 5.90. The van der Waals surface area contributed by atoms with E-state index in [1.807, 2.05) is 12.1 Å². The Morgan fingerprint density at radius 3 is 2.94 bits per heavy atom. The Morgan fingerprint density at radius 1 is 1.31 bits per heavy atom. The second-order valence-electron chi connectivity index (χ2n) is 3.08. The molecule has 82 valence electrons. The third-order valence-electron chi connectivity index (χ3n) is 1.86. The van der Waals surface area contributed by atoms with E-state index in [1.54, 1.807) is 24.7 Å². The van der Waals surface area contributed by atoms with Gasteiger partial charge in [0, 0.05) is 28.8 Å². The Kier molecular flexibility index (Phi) is 3.74. The fourth-order valence-electron chi connectivity index (χ4n) is 1.16. The molecule has 2 rings (SSSR count). The zero-order valence-electron chi connectivity index (χ0n) is 8.23. The molecule has 0 aromatic carbocycles. The topological polar surface area (TPSA) is 35.0 Å². The van der Waals surface area contributed by atoms with Crippen molar-refractivity contribution < 1.29 is 4.74 Å². The second-order valence-corrected chi connectivity index (χ2v) is 4.26. The van der Waals surface area contributed by atoms with Crippen LogP contribution >= 0.6 is 27.5 Å². The first-order chi connectivity index (χ1) is 7.78. The van der Waals surface area contributed by atoms with E-state index in [2.05, 4.69) is 25.9 Å². The Morgan fingerprint density at radius 2 is 2.19 bits per heavy atom. The number of rotatable bonds is 3. The average molecular weight is 300 g/mol. The highest BCUT2D eigenvalue weighted by molar-refractivity contribution is 9.10. The van der Waals surface area contributed by atoms with Gasteiger partial charge in [0.05, 0.1) is 6.20 Å². The summed E-state index contributed by atoms with van der Waals surface area (Å²) in [5.74, 6) is 1.59. The highest BCUT2D eigenvalue weighted by Crippen LogP contribution is 2.22. The smallest absolute Gasteiger partial charge is 0.219 e. The van der Waals surface area contributed by atoms with Crippen molar-refractivity contribution in [3.05, 3.63) is 46.8 Å². The molecule has 0 saturated heterocycles. The van der Waals surface area contributed by atoms with Gasteiger partial charge in [-0.25, -0.2) is 4.98 Å². The summed E-state index contributed by atoms with van der Waals surface area (Å²) in [6.45, 7) is 0. The lowest BCUT2D eigenvalue weighted by atomic mass is 10.3. The largest absolute Gasteiger partial charge is 0.437 e. The van der Waals surface area contributed by atoms with E-state index in [0.717, 1.165) is 10.0 Å². The van der Waals surface area contributed by atoms with Crippen LogP contribution in [0.3, 0.4) is 0 Å². The van der Waals surface area contributed by atoms with Crippen molar-refractivity contribution in [1.29, 1.82) is 0 Å². The summed E-state index contributed by atoms with van der Waals surface area (Å²) in [5.41, 5.74) is 0.967. The van der Waals surface area contributed by atoms with Crippen LogP contribution in [-0.2, 0) is 5.88 Å². The normalized spacial score (nSPS) is 10.1. The minimum atomic E-state index is 0.440. The van der Waals surface area contributed by atoms with Crippen molar-refractivity contribution in [2.75, 3.05) is 0 Å². The number of nitrogens with zero attached hydrogens (tertiary/aromatic N) is 2. The van der Waals surface area contributed by atoms with Gasteiger partial charge in [-0.3, -0.25) is 4.98 Å². The van der Waals surface area contributed by atoms with Crippen molar-refractivity contribution in [3.63, 3.8) is 0 Å². The van der Waals surface area contributed by atoms with Crippen LogP contribution in [0.4, 0.5) is 0 Å². The number of pyridine rings is 2. The van der Waals surface area contributed by atoms with Crippen molar-refractivity contribution in [2.45, 2.75) is 5.88 Å². The number of aromatic nitrogens is 2. The molecule has 16 heavy (non-hydrogen) atoms. The van der Waals surface area contributed by atoms with Crippen LogP contribution < -0.4 is 4.74 Å². The van der Waals surface area contributed by atoms with Crippen LogP contribution in [0.25, 0.3) is 0 Å². The molecule has 0 N–H and O–H groups in total. The first kappa shape index (κ1) is 11.4. The van der Waals surface area contributed by atoms with E-state index in [-0.39, 0.29) is 0 Å². The number of alkyl halides is 1. The van der Waals surface area contributed by atoms with Gasteiger partial charge in [-0.15, -0.1) is 11.6 Å². The molecule has 2 aromatic heterocycles. The van der Waals surface area contributed by atoms with Gasteiger partial charge >= 0.3 is 0 Å². The van der Waals surface area contributed by atoms with Crippen LogP contribution in [0.15, 0.2) is 41.3 Å². The zero-order chi connectivity index (χ0) is 11.4. The molecule has 0 aliphatic rings. The fourth-order valence-corrected chi connectivity index (χ4v) is 1.67. The Balaban J connectivity index is 2.20. The van der Waals surface area contributed by atoms with Crippen molar-refractivity contribution in [3.8, 4) is 11.6 Å². The fraction of sp³-hybridized carbons (Fsp3) is 0.0909. The van der Waals surface area contributed by atoms with Crippen LogP contribution in [0.1, 0.15) is 5.56 Å². The molecule has 0 spiro atoms. The molecular formula is C11H8BrClN2O.